The van der Waals surface area contributed by atoms with Crippen molar-refractivity contribution in [3.05, 3.63) is 0 Å². The lowest BCUT2D eigenvalue weighted by Gasteiger charge is -2.36. The van der Waals surface area contributed by atoms with E-state index in [9.17, 15) is 0 Å². The van der Waals surface area contributed by atoms with Gasteiger partial charge in [0.25, 0.3) is 0 Å². The van der Waals surface area contributed by atoms with E-state index in [-0.39, 0.29) is 6.29 Å². The summed E-state index contributed by atoms with van der Waals surface area (Å²) in [5.41, 5.74) is 0. The summed E-state index contributed by atoms with van der Waals surface area (Å²) in [7, 11) is 0. The Hall–Kier alpha value is -0.630. The lowest BCUT2D eigenvalue weighted by Crippen LogP contribution is -2.42. The predicted octanol–water partition coefficient (Wildman–Crippen LogP) is 1.37. The molecule has 2 rings (SSSR count). The first-order chi connectivity index (χ1) is 7.81. The van der Waals surface area contributed by atoms with E-state index in [0.29, 0.717) is 18.4 Å². The fourth-order valence-corrected chi connectivity index (χ4v) is 2.54. The average Bonchev–Trinajstić information content (AvgIpc) is 2.83. The maximum Gasteiger partial charge on any atom is 0.160 e. The molecule has 1 unspecified atom stereocenters. The van der Waals surface area contributed by atoms with Crippen LogP contribution in [0.5, 0.6) is 0 Å². The van der Waals surface area contributed by atoms with Crippen molar-refractivity contribution < 1.29 is 9.47 Å². The normalized spacial score (nSPS) is 26.8. The van der Waals surface area contributed by atoms with Gasteiger partial charge in [-0.15, -0.1) is 0 Å². The van der Waals surface area contributed by atoms with Crippen LogP contribution >= 0.6 is 0 Å². The molecule has 2 fully saturated rings. The standard InChI is InChI=1S/C12H20N2O2/c1-10(2-5-13)14-6-3-11(4-7-14)12-15-8-9-16-12/h10-12H,2-4,6-9H2,1H3. The molecule has 1 atom stereocenters. The number of nitrogens with zero attached hydrogens (tertiary/aromatic N) is 2. The molecule has 0 aromatic carbocycles. The van der Waals surface area contributed by atoms with Crippen molar-refractivity contribution in [3.8, 4) is 6.07 Å². The summed E-state index contributed by atoms with van der Waals surface area (Å²) in [5.74, 6) is 0.549. The number of rotatable bonds is 3. The maximum absolute atomic E-state index is 8.68. The first kappa shape index (κ1) is 11.8. The van der Waals surface area contributed by atoms with Gasteiger partial charge in [-0.05, 0) is 32.9 Å². The molecule has 0 N–H and O–H groups in total. The minimum Gasteiger partial charge on any atom is -0.350 e. The summed E-state index contributed by atoms with van der Waals surface area (Å²) in [6.07, 6.45) is 2.91. The van der Waals surface area contributed by atoms with Crippen molar-refractivity contribution in [2.75, 3.05) is 26.3 Å². The van der Waals surface area contributed by atoms with E-state index in [1.165, 1.54) is 0 Å². The average molecular weight is 224 g/mol. The molecular weight excluding hydrogens is 204 g/mol. The van der Waals surface area contributed by atoms with Crippen molar-refractivity contribution in [2.45, 2.75) is 38.5 Å². The molecule has 4 heteroatoms. The molecule has 2 heterocycles. The fourth-order valence-electron chi connectivity index (χ4n) is 2.54. The van der Waals surface area contributed by atoms with Gasteiger partial charge in [0.15, 0.2) is 6.29 Å². The van der Waals surface area contributed by atoms with Crippen LogP contribution in [0.1, 0.15) is 26.2 Å². The van der Waals surface area contributed by atoms with Crippen LogP contribution in [0.4, 0.5) is 0 Å². The zero-order valence-corrected chi connectivity index (χ0v) is 9.89. The molecular formula is C12H20N2O2. The molecule has 0 bridgehead atoms. The summed E-state index contributed by atoms with van der Waals surface area (Å²) in [6, 6.07) is 2.63. The minimum absolute atomic E-state index is 0.0356. The molecule has 2 saturated heterocycles. The van der Waals surface area contributed by atoms with Crippen molar-refractivity contribution in [3.63, 3.8) is 0 Å². The Morgan fingerprint density at radius 3 is 2.50 bits per heavy atom. The largest absolute Gasteiger partial charge is 0.350 e. The van der Waals surface area contributed by atoms with E-state index >= 15 is 0 Å². The van der Waals surface area contributed by atoms with Gasteiger partial charge < -0.3 is 9.47 Å². The Morgan fingerprint density at radius 1 is 1.31 bits per heavy atom. The van der Waals surface area contributed by atoms with Gasteiger partial charge in [0.05, 0.1) is 25.7 Å². The SMILES string of the molecule is CC(CC#N)N1CCC(C2OCCO2)CC1. The zero-order valence-electron chi connectivity index (χ0n) is 9.89. The van der Waals surface area contributed by atoms with Crippen LogP contribution in [0.25, 0.3) is 0 Å². The summed E-state index contributed by atoms with van der Waals surface area (Å²) >= 11 is 0. The maximum atomic E-state index is 8.68. The first-order valence-electron chi connectivity index (χ1n) is 6.15. The molecule has 16 heavy (non-hydrogen) atoms. The van der Waals surface area contributed by atoms with E-state index in [0.717, 1.165) is 39.1 Å². The van der Waals surface area contributed by atoms with Crippen LogP contribution < -0.4 is 0 Å². The quantitative estimate of drug-likeness (QED) is 0.726. The van der Waals surface area contributed by atoms with Crippen LogP contribution in [0.2, 0.25) is 0 Å². The third-order valence-corrected chi connectivity index (χ3v) is 3.62. The monoisotopic (exact) mass is 224 g/mol. The summed E-state index contributed by atoms with van der Waals surface area (Å²) in [4.78, 5) is 2.40. The summed E-state index contributed by atoms with van der Waals surface area (Å²) < 4.78 is 11.1. The van der Waals surface area contributed by atoms with Gasteiger partial charge in [0.1, 0.15) is 0 Å². The van der Waals surface area contributed by atoms with Gasteiger partial charge >= 0.3 is 0 Å². The molecule has 0 aromatic rings. The summed E-state index contributed by atoms with van der Waals surface area (Å²) in [6.45, 7) is 5.75. The number of ether oxygens (including phenoxy) is 2. The lowest BCUT2D eigenvalue weighted by atomic mass is 9.95. The molecule has 4 nitrogen and oxygen atoms in total. The highest BCUT2D eigenvalue weighted by Crippen LogP contribution is 2.26. The molecule has 0 aliphatic carbocycles. The highest BCUT2D eigenvalue weighted by molar-refractivity contribution is 4.84. The van der Waals surface area contributed by atoms with Crippen LogP contribution in [0, 0.1) is 17.2 Å². The van der Waals surface area contributed by atoms with E-state index in [1.54, 1.807) is 0 Å². The van der Waals surface area contributed by atoms with Crippen molar-refractivity contribution in [2.24, 2.45) is 5.92 Å². The Kier molecular flexibility index (Phi) is 4.16. The van der Waals surface area contributed by atoms with E-state index in [4.69, 9.17) is 14.7 Å². The van der Waals surface area contributed by atoms with E-state index < -0.39 is 0 Å². The minimum atomic E-state index is 0.0356. The van der Waals surface area contributed by atoms with Gasteiger partial charge in [-0.3, -0.25) is 4.90 Å². The Labute approximate surface area is 97.1 Å². The number of nitriles is 1. The first-order valence-corrected chi connectivity index (χ1v) is 6.15. The number of hydrogen-bond donors (Lipinski definition) is 0. The molecule has 0 aromatic heterocycles. The third-order valence-electron chi connectivity index (χ3n) is 3.62. The second kappa shape index (κ2) is 5.62. The molecule has 0 spiro atoms. The number of hydrogen-bond acceptors (Lipinski definition) is 4. The molecule has 2 aliphatic rings. The molecule has 90 valence electrons. The van der Waals surface area contributed by atoms with Crippen LogP contribution in [-0.4, -0.2) is 43.5 Å². The van der Waals surface area contributed by atoms with Gasteiger partial charge in [0, 0.05) is 12.0 Å². The lowest BCUT2D eigenvalue weighted by molar-refractivity contribution is -0.0990. The fraction of sp³-hybridized carbons (Fsp3) is 0.917. The highest BCUT2D eigenvalue weighted by atomic mass is 16.7. The molecule has 0 saturated carbocycles. The highest BCUT2D eigenvalue weighted by Gasteiger charge is 2.31. The second-order valence-electron chi connectivity index (χ2n) is 4.69. The molecule has 2 aliphatic heterocycles. The predicted molar refractivity (Wildman–Crippen MR) is 59.7 cm³/mol. The van der Waals surface area contributed by atoms with Gasteiger partial charge in [-0.2, -0.15) is 5.26 Å². The van der Waals surface area contributed by atoms with E-state index in [1.807, 2.05) is 0 Å². The smallest absolute Gasteiger partial charge is 0.160 e. The van der Waals surface area contributed by atoms with Crippen molar-refractivity contribution in [1.82, 2.24) is 4.90 Å². The molecule has 0 radical (unpaired) electrons. The Bertz CT molecular complexity index is 250. The number of piperidine rings is 1. The van der Waals surface area contributed by atoms with E-state index in [2.05, 4.69) is 17.9 Å². The topological polar surface area (TPSA) is 45.5 Å². The zero-order chi connectivity index (χ0) is 11.4. The molecule has 0 amide bonds. The second-order valence-corrected chi connectivity index (χ2v) is 4.69. The van der Waals surface area contributed by atoms with Crippen molar-refractivity contribution in [1.29, 1.82) is 5.26 Å². The van der Waals surface area contributed by atoms with Gasteiger partial charge in [-0.1, -0.05) is 0 Å². The Morgan fingerprint density at radius 2 is 1.94 bits per heavy atom. The summed E-state index contributed by atoms with van der Waals surface area (Å²) in [5, 5.41) is 8.68. The van der Waals surface area contributed by atoms with Crippen LogP contribution in [0.15, 0.2) is 0 Å². The number of likely N-dealkylation sites (tertiary alicyclic amines) is 1. The van der Waals surface area contributed by atoms with Crippen molar-refractivity contribution >= 4 is 0 Å². The van der Waals surface area contributed by atoms with Crippen LogP contribution in [-0.2, 0) is 9.47 Å². The van der Waals surface area contributed by atoms with Gasteiger partial charge in [-0.25, -0.2) is 0 Å². The van der Waals surface area contributed by atoms with Gasteiger partial charge in [0.2, 0.25) is 0 Å². The Balaban J connectivity index is 1.75. The third kappa shape index (κ3) is 2.73. The van der Waals surface area contributed by atoms with Crippen LogP contribution in [0.3, 0.4) is 0 Å².